The van der Waals surface area contributed by atoms with Crippen LogP contribution in [0.15, 0.2) is 46.2 Å². The summed E-state index contributed by atoms with van der Waals surface area (Å²) >= 11 is 0. The summed E-state index contributed by atoms with van der Waals surface area (Å²) in [5, 5.41) is 0. The second-order valence-electron chi connectivity index (χ2n) is 12.6. The number of nitrogens with zero attached hydrogens (tertiary/aromatic N) is 3. The normalized spacial score (nSPS) is 12.0. The topological polar surface area (TPSA) is 114 Å². The van der Waals surface area contributed by atoms with Gasteiger partial charge in [0.15, 0.2) is 0 Å². The van der Waals surface area contributed by atoms with Gasteiger partial charge in [-0.05, 0) is 90.7 Å². The van der Waals surface area contributed by atoms with Crippen molar-refractivity contribution >= 4 is 11.9 Å². The monoisotopic (exact) mass is 648 g/mol. The lowest BCUT2D eigenvalue weighted by atomic mass is 9.99. The molecule has 0 spiro atoms. The lowest BCUT2D eigenvalue weighted by molar-refractivity contribution is -0.148. The van der Waals surface area contributed by atoms with Gasteiger partial charge in [0, 0.05) is 37.6 Å². The van der Waals surface area contributed by atoms with Crippen molar-refractivity contribution in [3.8, 4) is 0 Å². The molecule has 1 N–H and O–H groups in total. The van der Waals surface area contributed by atoms with E-state index in [0.29, 0.717) is 31.5 Å². The Morgan fingerprint density at radius 3 is 1.72 bits per heavy atom. The first-order chi connectivity index (χ1) is 21.1. The number of carbonyl (C=O) groups excluding carboxylic acids is 2. The van der Waals surface area contributed by atoms with E-state index in [1.54, 1.807) is 25.4 Å². The van der Waals surface area contributed by atoms with E-state index in [1.165, 1.54) is 16.2 Å². The van der Waals surface area contributed by atoms with Crippen molar-refractivity contribution in [1.82, 2.24) is 19.4 Å². The van der Waals surface area contributed by atoms with Gasteiger partial charge in [0.2, 0.25) is 5.56 Å². The highest BCUT2D eigenvalue weighted by atomic mass is 16.5. The number of hydrogen-bond donors (Lipinski definition) is 1. The summed E-state index contributed by atoms with van der Waals surface area (Å²) in [4.78, 5) is 53.0. The lowest BCUT2D eigenvalue weighted by Gasteiger charge is -2.21. The molecule has 46 heavy (non-hydrogen) atoms. The van der Waals surface area contributed by atoms with Gasteiger partial charge >= 0.3 is 11.9 Å². The van der Waals surface area contributed by atoms with Crippen molar-refractivity contribution in [3.05, 3.63) is 68.5 Å². The van der Waals surface area contributed by atoms with Gasteiger partial charge in [-0.15, -0.1) is 0 Å². The molecular formula is C36H64N4O6. The fraction of sp³-hybridized carbons (Fsp3) is 0.667. The fourth-order valence-electron chi connectivity index (χ4n) is 4.34. The molecule has 0 aromatic carbocycles. The van der Waals surface area contributed by atoms with Gasteiger partial charge in [-0.3, -0.25) is 14.4 Å². The number of carbonyl (C=O) groups is 2. The molecule has 0 radical (unpaired) electrons. The molecule has 0 saturated carbocycles. The average Bonchev–Trinajstić information content (AvgIpc) is 2.95. The second-order valence-corrected chi connectivity index (χ2v) is 12.6. The van der Waals surface area contributed by atoms with Crippen molar-refractivity contribution < 1.29 is 19.1 Å². The van der Waals surface area contributed by atoms with Crippen LogP contribution in [0.1, 0.15) is 85.9 Å². The zero-order valence-electron chi connectivity index (χ0n) is 29.7. The minimum atomic E-state index is -0.549. The smallest absolute Gasteiger partial charge is 0.329 e. The summed E-state index contributed by atoms with van der Waals surface area (Å²) in [6.45, 7) is 16.5. The van der Waals surface area contributed by atoms with E-state index in [-0.39, 0.29) is 36.4 Å². The summed E-state index contributed by atoms with van der Waals surface area (Å²) in [5.41, 5.74) is 2.02. The predicted molar refractivity (Wildman–Crippen MR) is 189 cm³/mol. The maximum absolute atomic E-state index is 12.2. The first-order valence-electron chi connectivity index (χ1n) is 16.1. The first-order valence-corrected chi connectivity index (χ1v) is 16.1. The quantitative estimate of drug-likeness (QED) is 0.254. The van der Waals surface area contributed by atoms with Gasteiger partial charge in [0.25, 0.3) is 5.56 Å². The van der Waals surface area contributed by atoms with E-state index in [4.69, 9.17) is 9.47 Å². The number of aromatic nitrogens is 2. The number of H-pyrrole nitrogens is 1. The molecule has 0 aliphatic rings. The summed E-state index contributed by atoms with van der Waals surface area (Å²) in [6.07, 6.45) is 6.89. The molecule has 2 rings (SSSR count). The lowest BCUT2D eigenvalue weighted by Crippen LogP contribution is -2.32. The highest BCUT2D eigenvalue weighted by Gasteiger charge is 2.24. The molecule has 0 amide bonds. The minimum absolute atomic E-state index is 0. The molecular weight excluding hydrogens is 584 g/mol. The minimum Gasteiger partial charge on any atom is -0.466 e. The molecule has 10 nitrogen and oxygen atoms in total. The Balaban J connectivity index is 0. The predicted octanol–water partition coefficient (Wildman–Crippen LogP) is 5.45. The van der Waals surface area contributed by atoms with Gasteiger partial charge in [-0.2, -0.15) is 0 Å². The van der Waals surface area contributed by atoms with Crippen LogP contribution in [0.3, 0.4) is 0 Å². The van der Waals surface area contributed by atoms with Crippen LogP contribution in [0, 0.1) is 17.8 Å². The number of ether oxygens (including phenoxy) is 2. The van der Waals surface area contributed by atoms with Gasteiger partial charge < -0.3 is 28.8 Å². The van der Waals surface area contributed by atoms with E-state index in [2.05, 4.69) is 28.6 Å². The Labute approximate surface area is 278 Å². The Hall–Kier alpha value is -3.24. The standard InChI is InChI=1S/C17H28N2O3.C9H14N2O.C9H18O2.CH4/c1-6-22-17(21)15(11-13(2)3)19-12-14(7-8-16(19)20)9-10-18(4)5;1-11(2)6-5-8-3-4-9(12)10-7-8;1-5-11-9(10)8(4)6-7(2)3;/h7-8,12-13,15H,6,9-11H2,1-5H3;3-4,7H,5-6H2,1-2H3,(H,10,12);7-8H,5-6H2,1-4H3;1H4. The van der Waals surface area contributed by atoms with Crippen molar-refractivity contribution in [1.29, 1.82) is 0 Å². The van der Waals surface area contributed by atoms with E-state index >= 15 is 0 Å². The SMILES string of the molecule is C.CCOC(=O)C(C)CC(C)C.CCOC(=O)C(CC(C)C)n1cc(CCN(C)C)ccc1=O.CN(C)CCc1ccc(=O)[nH]c1. The maximum Gasteiger partial charge on any atom is 0.329 e. The Morgan fingerprint density at radius 2 is 1.26 bits per heavy atom. The van der Waals surface area contributed by atoms with Crippen LogP contribution in [-0.2, 0) is 31.9 Å². The van der Waals surface area contributed by atoms with Crippen LogP contribution in [0.25, 0.3) is 0 Å². The highest BCUT2D eigenvalue weighted by molar-refractivity contribution is 5.74. The highest BCUT2D eigenvalue weighted by Crippen LogP contribution is 2.18. The average molecular weight is 649 g/mol. The van der Waals surface area contributed by atoms with Crippen molar-refractivity contribution in [2.24, 2.45) is 17.8 Å². The van der Waals surface area contributed by atoms with E-state index < -0.39 is 6.04 Å². The number of nitrogens with one attached hydrogen (secondary N) is 1. The third kappa shape index (κ3) is 20.7. The second kappa shape index (κ2) is 24.9. The molecule has 2 atom stereocenters. The van der Waals surface area contributed by atoms with Crippen LogP contribution in [-0.4, -0.2) is 85.8 Å². The third-order valence-corrected chi connectivity index (χ3v) is 6.65. The van der Waals surface area contributed by atoms with E-state index in [9.17, 15) is 19.2 Å². The van der Waals surface area contributed by atoms with E-state index in [1.807, 2.05) is 68.0 Å². The molecule has 0 saturated heterocycles. The summed E-state index contributed by atoms with van der Waals surface area (Å²) < 4.78 is 11.5. The van der Waals surface area contributed by atoms with Gasteiger partial charge in [0.1, 0.15) is 6.04 Å². The molecule has 2 aromatic heterocycles. The summed E-state index contributed by atoms with van der Waals surface area (Å²) in [6, 6.07) is 6.25. The van der Waals surface area contributed by atoms with Crippen LogP contribution in [0.4, 0.5) is 0 Å². The van der Waals surface area contributed by atoms with Crippen molar-refractivity contribution in [3.63, 3.8) is 0 Å². The summed E-state index contributed by atoms with van der Waals surface area (Å²) in [7, 11) is 8.09. The summed E-state index contributed by atoms with van der Waals surface area (Å²) in [5.74, 6) is 0.514. The van der Waals surface area contributed by atoms with Gasteiger partial charge in [0.05, 0.1) is 19.1 Å². The number of esters is 2. The Kier molecular flexibility index (Phi) is 24.3. The number of hydrogen-bond acceptors (Lipinski definition) is 8. The van der Waals surface area contributed by atoms with Crippen LogP contribution < -0.4 is 11.1 Å². The number of pyridine rings is 2. The van der Waals surface area contributed by atoms with E-state index in [0.717, 1.165) is 37.9 Å². The van der Waals surface area contributed by atoms with Crippen LogP contribution in [0.5, 0.6) is 0 Å². The first kappa shape index (κ1) is 44.9. The van der Waals surface area contributed by atoms with Gasteiger partial charge in [-0.25, -0.2) is 4.79 Å². The largest absolute Gasteiger partial charge is 0.466 e. The number of aromatic amines is 1. The molecule has 0 aliphatic heterocycles. The molecule has 0 aliphatic carbocycles. The molecule has 0 bridgehead atoms. The molecule has 0 fully saturated rings. The number of rotatable bonds is 15. The third-order valence-electron chi connectivity index (χ3n) is 6.65. The molecule has 10 heteroatoms. The van der Waals surface area contributed by atoms with Crippen molar-refractivity contribution in [2.75, 3.05) is 54.5 Å². The van der Waals surface area contributed by atoms with Crippen LogP contribution in [0.2, 0.25) is 0 Å². The zero-order valence-corrected chi connectivity index (χ0v) is 29.7. The Morgan fingerprint density at radius 1 is 0.761 bits per heavy atom. The molecule has 2 aromatic rings. The zero-order chi connectivity index (χ0) is 34.5. The Bertz CT molecular complexity index is 1200. The molecule has 2 unspecified atom stereocenters. The number of likely N-dealkylation sites (N-methyl/N-ethyl adjacent to an activating group) is 2. The van der Waals surface area contributed by atoms with Crippen LogP contribution >= 0.6 is 0 Å². The molecule has 2 heterocycles. The maximum atomic E-state index is 12.2. The molecule has 264 valence electrons. The van der Waals surface area contributed by atoms with Crippen molar-refractivity contribution in [2.45, 2.75) is 87.6 Å². The van der Waals surface area contributed by atoms with Gasteiger partial charge in [-0.1, -0.05) is 54.2 Å². The fourth-order valence-corrected chi connectivity index (χ4v) is 4.34.